The average Bonchev–Trinajstić information content (AvgIpc) is 3.26. The summed E-state index contributed by atoms with van der Waals surface area (Å²) in [5.74, 6) is -1.34. The van der Waals surface area contributed by atoms with E-state index in [1.54, 1.807) is 24.3 Å². The molecule has 5 rings (SSSR count). The highest BCUT2D eigenvalue weighted by atomic mass is 35.5. The lowest BCUT2D eigenvalue weighted by Gasteiger charge is -2.33. The fourth-order valence-electron chi connectivity index (χ4n) is 5.13. The molecule has 204 valence electrons. The number of carbonyl (C=O) groups is 3. The summed E-state index contributed by atoms with van der Waals surface area (Å²) in [4.78, 5) is 47.8. The molecule has 0 saturated heterocycles. The van der Waals surface area contributed by atoms with Crippen molar-refractivity contribution in [3.8, 4) is 11.4 Å². The minimum absolute atomic E-state index is 0.00725. The lowest BCUT2D eigenvalue weighted by Crippen LogP contribution is -2.52. The Morgan fingerprint density at radius 1 is 1.08 bits per heavy atom. The number of nitrogens with one attached hydrogen (secondary N) is 1. The zero-order valence-corrected chi connectivity index (χ0v) is 23.2. The summed E-state index contributed by atoms with van der Waals surface area (Å²) in [5.41, 5.74) is 1.31. The third-order valence-corrected chi connectivity index (χ3v) is 7.63. The number of benzene rings is 2. The van der Waals surface area contributed by atoms with Crippen LogP contribution >= 0.6 is 11.6 Å². The second kappa shape index (κ2) is 10.2. The Kier molecular flexibility index (Phi) is 7.07. The summed E-state index contributed by atoms with van der Waals surface area (Å²) in [6, 6.07) is 10.4. The molecule has 1 N–H and O–H groups in total. The van der Waals surface area contributed by atoms with Gasteiger partial charge in [0.15, 0.2) is 5.69 Å². The first-order valence-electron chi connectivity index (χ1n) is 12.9. The van der Waals surface area contributed by atoms with Crippen molar-refractivity contribution in [3.05, 3.63) is 75.8 Å². The van der Waals surface area contributed by atoms with E-state index in [0.717, 1.165) is 13.0 Å². The summed E-state index contributed by atoms with van der Waals surface area (Å²) >= 11 is 6.18. The predicted molar refractivity (Wildman–Crippen MR) is 146 cm³/mol. The van der Waals surface area contributed by atoms with Crippen LogP contribution in [0.5, 0.6) is 0 Å². The number of aromatic nitrogens is 2. The van der Waals surface area contributed by atoms with Gasteiger partial charge in [0.2, 0.25) is 0 Å². The van der Waals surface area contributed by atoms with E-state index in [2.05, 4.69) is 15.2 Å². The molecule has 8 nitrogen and oxygen atoms in total. The number of carbonyl (C=O) groups excluding carboxylic acids is 3. The van der Waals surface area contributed by atoms with E-state index in [-0.39, 0.29) is 29.6 Å². The van der Waals surface area contributed by atoms with Gasteiger partial charge >= 0.3 is 0 Å². The molecule has 2 aromatic carbocycles. The molecule has 1 aromatic heterocycles. The quantitative estimate of drug-likeness (QED) is 0.468. The zero-order valence-electron chi connectivity index (χ0n) is 22.4. The summed E-state index contributed by atoms with van der Waals surface area (Å²) in [7, 11) is 1.96. The van der Waals surface area contributed by atoms with Gasteiger partial charge in [0.1, 0.15) is 11.6 Å². The number of imidazole rings is 1. The SMILES string of the molecule is CN1CCCn2c(-c3cc(Cl)ccc3F)nc(C(=O)N[C@H](CN3C(=O)c4ccccc4C3=O)C(C)(C)C)c2C1. The van der Waals surface area contributed by atoms with Crippen LogP contribution in [-0.2, 0) is 13.1 Å². The number of halogens is 2. The lowest BCUT2D eigenvalue weighted by molar-refractivity contribution is 0.0592. The molecule has 0 spiro atoms. The molecule has 3 heterocycles. The fourth-order valence-corrected chi connectivity index (χ4v) is 5.30. The topological polar surface area (TPSA) is 87.5 Å². The third-order valence-electron chi connectivity index (χ3n) is 7.39. The Labute approximate surface area is 231 Å². The maximum absolute atomic E-state index is 14.9. The van der Waals surface area contributed by atoms with Crippen LogP contribution in [-0.4, -0.2) is 63.3 Å². The first kappa shape index (κ1) is 27.0. The monoisotopic (exact) mass is 551 g/mol. The van der Waals surface area contributed by atoms with Crippen molar-refractivity contribution in [2.24, 2.45) is 5.41 Å². The molecule has 0 bridgehead atoms. The standard InChI is InChI=1S/C29H31ClFN5O3/c1-29(2,3)23(16-36-27(38)18-8-5-6-9-19(18)28(36)39)32-26(37)24-22-15-34(4)12-7-13-35(22)25(33-24)20-14-17(30)10-11-21(20)31/h5-6,8-11,14,23H,7,12-13,15-16H2,1-4H3,(H,32,37)/t23-/m1/s1. The van der Waals surface area contributed by atoms with Gasteiger partial charge in [-0.2, -0.15) is 0 Å². The Morgan fingerprint density at radius 3 is 2.38 bits per heavy atom. The second-order valence-electron chi connectivity index (χ2n) is 11.3. The Bertz CT molecular complexity index is 1440. The third kappa shape index (κ3) is 5.08. The second-order valence-corrected chi connectivity index (χ2v) is 11.7. The van der Waals surface area contributed by atoms with Crippen molar-refractivity contribution in [3.63, 3.8) is 0 Å². The van der Waals surface area contributed by atoms with Gasteiger partial charge in [0.05, 0.1) is 35.0 Å². The van der Waals surface area contributed by atoms with Crippen molar-refractivity contribution in [1.82, 2.24) is 24.7 Å². The lowest BCUT2D eigenvalue weighted by atomic mass is 9.86. The van der Waals surface area contributed by atoms with Crippen LogP contribution in [0.3, 0.4) is 0 Å². The molecule has 3 amide bonds. The molecule has 39 heavy (non-hydrogen) atoms. The molecule has 0 aliphatic carbocycles. The molecule has 0 unspecified atom stereocenters. The Hall–Kier alpha value is -3.56. The van der Waals surface area contributed by atoms with Gasteiger partial charge in [-0.25, -0.2) is 9.37 Å². The number of fused-ring (bicyclic) bond motifs is 2. The van der Waals surface area contributed by atoms with Gasteiger partial charge < -0.3 is 14.8 Å². The van der Waals surface area contributed by atoms with Crippen LogP contribution in [0.15, 0.2) is 42.5 Å². The summed E-state index contributed by atoms with van der Waals surface area (Å²) < 4.78 is 16.8. The smallest absolute Gasteiger partial charge is 0.272 e. The molecular formula is C29H31ClFN5O3. The van der Waals surface area contributed by atoms with Crippen molar-refractivity contribution < 1.29 is 18.8 Å². The average molecular weight is 552 g/mol. The van der Waals surface area contributed by atoms with Gasteiger partial charge in [0, 0.05) is 18.1 Å². The van der Waals surface area contributed by atoms with Gasteiger partial charge in [-0.3, -0.25) is 19.3 Å². The minimum Gasteiger partial charge on any atom is -0.346 e. The van der Waals surface area contributed by atoms with Gasteiger partial charge in [-0.1, -0.05) is 44.5 Å². The van der Waals surface area contributed by atoms with E-state index in [1.807, 2.05) is 32.4 Å². The van der Waals surface area contributed by atoms with E-state index < -0.39 is 23.2 Å². The highest BCUT2D eigenvalue weighted by molar-refractivity contribution is 6.30. The van der Waals surface area contributed by atoms with Crippen molar-refractivity contribution in [2.75, 3.05) is 20.1 Å². The number of hydrogen-bond donors (Lipinski definition) is 1. The maximum Gasteiger partial charge on any atom is 0.272 e. The van der Waals surface area contributed by atoms with Crippen LogP contribution in [0, 0.1) is 11.2 Å². The first-order valence-corrected chi connectivity index (χ1v) is 13.3. The van der Waals surface area contributed by atoms with E-state index in [1.165, 1.54) is 23.1 Å². The summed E-state index contributed by atoms with van der Waals surface area (Å²) in [5, 5.41) is 3.41. The van der Waals surface area contributed by atoms with Crippen LogP contribution in [0.1, 0.15) is 64.1 Å². The Balaban J connectivity index is 1.49. The number of nitrogens with zero attached hydrogens (tertiary/aromatic N) is 4. The van der Waals surface area contributed by atoms with E-state index in [0.29, 0.717) is 40.8 Å². The van der Waals surface area contributed by atoms with Crippen LogP contribution in [0.4, 0.5) is 4.39 Å². The van der Waals surface area contributed by atoms with E-state index >= 15 is 0 Å². The van der Waals surface area contributed by atoms with Crippen molar-refractivity contribution in [2.45, 2.75) is 46.3 Å². The Morgan fingerprint density at radius 2 is 1.74 bits per heavy atom. The van der Waals surface area contributed by atoms with Crippen molar-refractivity contribution in [1.29, 1.82) is 0 Å². The molecular weight excluding hydrogens is 521 g/mol. The molecule has 2 aliphatic rings. The highest BCUT2D eigenvalue weighted by Gasteiger charge is 2.40. The van der Waals surface area contributed by atoms with Gasteiger partial charge in [-0.15, -0.1) is 0 Å². The van der Waals surface area contributed by atoms with Gasteiger partial charge in [-0.05, 0) is 55.8 Å². The summed E-state index contributed by atoms with van der Waals surface area (Å²) in [6.45, 7) is 7.65. The fraction of sp³-hybridized carbons (Fsp3) is 0.379. The minimum atomic E-state index is -0.570. The van der Waals surface area contributed by atoms with E-state index in [4.69, 9.17) is 11.6 Å². The molecule has 1 atom stereocenters. The van der Waals surface area contributed by atoms with Crippen LogP contribution in [0.25, 0.3) is 11.4 Å². The first-order chi connectivity index (χ1) is 18.5. The van der Waals surface area contributed by atoms with Crippen LogP contribution in [0.2, 0.25) is 5.02 Å². The number of rotatable bonds is 5. The highest BCUT2D eigenvalue weighted by Crippen LogP contribution is 2.31. The number of hydrogen-bond acceptors (Lipinski definition) is 5. The molecule has 0 radical (unpaired) electrons. The van der Waals surface area contributed by atoms with Crippen LogP contribution < -0.4 is 5.32 Å². The molecule has 2 aliphatic heterocycles. The number of amides is 3. The predicted octanol–water partition coefficient (Wildman–Crippen LogP) is 4.62. The normalized spacial score (nSPS) is 16.6. The van der Waals surface area contributed by atoms with Gasteiger partial charge in [0.25, 0.3) is 17.7 Å². The maximum atomic E-state index is 14.9. The molecule has 0 saturated carbocycles. The number of imide groups is 1. The zero-order chi connectivity index (χ0) is 28.1. The molecule has 10 heteroatoms. The molecule has 0 fully saturated rings. The summed E-state index contributed by atoms with van der Waals surface area (Å²) in [6.07, 6.45) is 0.806. The van der Waals surface area contributed by atoms with E-state index in [9.17, 15) is 18.8 Å². The largest absolute Gasteiger partial charge is 0.346 e. The molecule has 3 aromatic rings. The van der Waals surface area contributed by atoms with Crippen molar-refractivity contribution >= 4 is 29.3 Å².